The summed E-state index contributed by atoms with van der Waals surface area (Å²) >= 11 is 0. The molecule has 0 aromatic heterocycles. The number of hydrogen-bond acceptors (Lipinski definition) is 8. The molecule has 10 heteroatoms. The number of non-ortho nitro benzene ring substituents is 1. The van der Waals surface area contributed by atoms with E-state index in [9.17, 15) is 24.5 Å². The molecule has 1 atom stereocenters. The Bertz CT molecular complexity index is 850. The normalized spacial score (nSPS) is 18.4. The van der Waals surface area contributed by atoms with Crippen molar-refractivity contribution in [1.82, 2.24) is 5.32 Å². The van der Waals surface area contributed by atoms with Crippen molar-refractivity contribution in [3.63, 3.8) is 0 Å². The van der Waals surface area contributed by atoms with Crippen molar-refractivity contribution < 1.29 is 33.5 Å². The lowest BCUT2D eigenvalue weighted by Crippen LogP contribution is -2.55. The first kappa shape index (κ1) is 24.1. The molecule has 1 aliphatic rings. The van der Waals surface area contributed by atoms with E-state index in [1.54, 1.807) is 32.9 Å². The standard InChI is InChI=1S/C21H28N2O8/c1-19(2,3)31-18(26)22-14(11-13-7-9-15(10-8-13)23(27)28)12-21(6)16(24)29-20(4,5)30-17(21)25/h7-10,14H,11-12H2,1-6H3,(H,22,26). The fraction of sp³-hybridized carbons (Fsp3) is 0.571. The van der Waals surface area contributed by atoms with E-state index in [0.717, 1.165) is 0 Å². The molecular weight excluding hydrogens is 408 g/mol. The van der Waals surface area contributed by atoms with E-state index in [4.69, 9.17) is 14.2 Å². The molecule has 1 aliphatic heterocycles. The highest BCUT2D eigenvalue weighted by Gasteiger charge is 2.53. The largest absolute Gasteiger partial charge is 0.444 e. The fourth-order valence-electron chi connectivity index (χ4n) is 3.12. The van der Waals surface area contributed by atoms with Crippen LogP contribution in [0.3, 0.4) is 0 Å². The fourth-order valence-corrected chi connectivity index (χ4v) is 3.12. The van der Waals surface area contributed by atoms with Gasteiger partial charge in [0.05, 0.1) is 4.92 Å². The van der Waals surface area contributed by atoms with Crippen molar-refractivity contribution >= 4 is 23.7 Å². The SMILES string of the molecule is CC(C)(C)OC(=O)NC(Cc1ccc([N+](=O)[O-])cc1)CC1(C)C(=O)OC(C)(C)OC1=O. The number of rotatable bonds is 6. The average molecular weight is 436 g/mol. The number of esters is 2. The van der Waals surface area contributed by atoms with Gasteiger partial charge in [0.1, 0.15) is 5.60 Å². The van der Waals surface area contributed by atoms with Crippen molar-refractivity contribution in [3.05, 3.63) is 39.9 Å². The molecule has 31 heavy (non-hydrogen) atoms. The Labute approximate surface area is 180 Å². The molecule has 0 saturated carbocycles. The van der Waals surface area contributed by atoms with E-state index in [-0.39, 0.29) is 18.5 Å². The Balaban J connectivity index is 2.26. The molecule has 1 fully saturated rings. The minimum absolute atomic E-state index is 0.0750. The zero-order chi connectivity index (χ0) is 23.6. The van der Waals surface area contributed by atoms with Gasteiger partial charge in [0.15, 0.2) is 5.41 Å². The summed E-state index contributed by atoms with van der Waals surface area (Å²) in [5.41, 5.74) is -1.81. The first-order valence-corrected chi connectivity index (χ1v) is 9.81. The molecule has 0 radical (unpaired) electrons. The van der Waals surface area contributed by atoms with Crippen LogP contribution in [0.1, 0.15) is 53.5 Å². The van der Waals surface area contributed by atoms with Crippen LogP contribution < -0.4 is 5.32 Å². The van der Waals surface area contributed by atoms with Crippen LogP contribution in [0.15, 0.2) is 24.3 Å². The summed E-state index contributed by atoms with van der Waals surface area (Å²) in [4.78, 5) is 48.0. The summed E-state index contributed by atoms with van der Waals surface area (Å²) < 4.78 is 15.8. The number of nitro benzene ring substituents is 1. The summed E-state index contributed by atoms with van der Waals surface area (Å²) in [5.74, 6) is -2.89. The first-order valence-electron chi connectivity index (χ1n) is 9.81. The second-order valence-electron chi connectivity index (χ2n) is 9.19. The third-order valence-electron chi connectivity index (χ3n) is 4.58. The minimum atomic E-state index is -1.64. The molecule has 1 saturated heterocycles. The number of amides is 1. The van der Waals surface area contributed by atoms with Gasteiger partial charge in [-0.15, -0.1) is 0 Å². The number of nitrogens with zero attached hydrogens (tertiary/aromatic N) is 1. The molecule has 0 spiro atoms. The van der Waals surface area contributed by atoms with Crippen molar-refractivity contribution in [2.45, 2.75) is 71.8 Å². The Morgan fingerprint density at radius 3 is 2.10 bits per heavy atom. The Morgan fingerprint density at radius 1 is 1.13 bits per heavy atom. The van der Waals surface area contributed by atoms with E-state index < -0.39 is 45.8 Å². The number of carbonyl (C=O) groups is 3. The minimum Gasteiger partial charge on any atom is -0.444 e. The predicted molar refractivity (Wildman–Crippen MR) is 109 cm³/mol. The van der Waals surface area contributed by atoms with Gasteiger partial charge in [-0.2, -0.15) is 0 Å². The third-order valence-corrected chi connectivity index (χ3v) is 4.58. The molecule has 1 N–H and O–H groups in total. The average Bonchev–Trinajstić information content (AvgIpc) is 2.58. The zero-order valence-electron chi connectivity index (χ0n) is 18.5. The lowest BCUT2D eigenvalue weighted by atomic mass is 9.81. The molecule has 1 unspecified atom stereocenters. The van der Waals surface area contributed by atoms with Gasteiger partial charge in [0.25, 0.3) is 11.5 Å². The van der Waals surface area contributed by atoms with Crippen LogP contribution in [0.5, 0.6) is 0 Å². The second kappa shape index (κ2) is 8.52. The van der Waals surface area contributed by atoms with Crippen molar-refractivity contribution in [1.29, 1.82) is 0 Å². The number of nitrogens with one attached hydrogen (secondary N) is 1. The van der Waals surface area contributed by atoms with E-state index in [2.05, 4.69) is 5.32 Å². The Morgan fingerprint density at radius 2 is 1.65 bits per heavy atom. The highest BCUT2D eigenvalue weighted by atomic mass is 16.7. The predicted octanol–water partition coefficient (Wildman–Crippen LogP) is 3.26. The molecule has 0 aliphatic carbocycles. The van der Waals surface area contributed by atoms with Crippen molar-refractivity contribution in [3.8, 4) is 0 Å². The van der Waals surface area contributed by atoms with Crippen LogP contribution in [-0.4, -0.2) is 40.4 Å². The maximum Gasteiger partial charge on any atom is 0.407 e. The van der Waals surface area contributed by atoms with Crippen LogP contribution in [0, 0.1) is 15.5 Å². The maximum absolute atomic E-state index is 12.6. The summed E-state index contributed by atoms with van der Waals surface area (Å²) in [5, 5.41) is 13.6. The van der Waals surface area contributed by atoms with Gasteiger partial charge in [0.2, 0.25) is 0 Å². The smallest absolute Gasteiger partial charge is 0.407 e. The maximum atomic E-state index is 12.6. The number of ether oxygens (including phenoxy) is 3. The van der Waals surface area contributed by atoms with E-state index in [1.807, 2.05) is 0 Å². The van der Waals surface area contributed by atoms with Gasteiger partial charge in [-0.25, -0.2) is 4.79 Å². The monoisotopic (exact) mass is 436 g/mol. The molecule has 0 bridgehead atoms. The number of carbonyl (C=O) groups excluding carboxylic acids is 3. The van der Waals surface area contributed by atoms with E-state index >= 15 is 0 Å². The highest BCUT2D eigenvalue weighted by molar-refractivity contribution is 6.01. The molecule has 1 heterocycles. The van der Waals surface area contributed by atoms with Gasteiger partial charge in [-0.3, -0.25) is 19.7 Å². The highest BCUT2D eigenvalue weighted by Crippen LogP contribution is 2.36. The Hall–Kier alpha value is -3.17. The summed E-state index contributed by atoms with van der Waals surface area (Å²) in [6.07, 6.45) is -0.644. The lowest BCUT2D eigenvalue weighted by Gasteiger charge is -2.39. The Kier molecular flexibility index (Phi) is 6.63. The van der Waals surface area contributed by atoms with Crippen LogP contribution in [0.4, 0.5) is 10.5 Å². The van der Waals surface area contributed by atoms with Crippen molar-refractivity contribution in [2.75, 3.05) is 0 Å². The number of benzene rings is 1. The van der Waals surface area contributed by atoms with Gasteiger partial charge in [0, 0.05) is 32.0 Å². The second-order valence-corrected chi connectivity index (χ2v) is 9.19. The molecule has 170 valence electrons. The number of nitro groups is 1. The van der Waals surface area contributed by atoms with Gasteiger partial charge in [-0.1, -0.05) is 12.1 Å². The van der Waals surface area contributed by atoms with Crippen molar-refractivity contribution in [2.24, 2.45) is 5.41 Å². The lowest BCUT2D eigenvalue weighted by molar-refractivity contribution is -0.384. The van der Waals surface area contributed by atoms with Crippen LogP contribution in [0.25, 0.3) is 0 Å². The quantitative estimate of drug-likeness (QED) is 0.311. The van der Waals surface area contributed by atoms with Gasteiger partial charge in [-0.05, 0) is 46.1 Å². The molecular formula is C21H28N2O8. The number of cyclic esters (lactones) is 2. The van der Waals surface area contributed by atoms with Gasteiger partial charge >= 0.3 is 18.0 Å². The van der Waals surface area contributed by atoms with Crippen LogP contribution in [0.2, 0.25) is 0 Å². The summed E-state index contributed by atoms with van der Waals surface area (Å²) in [7, 11) is 0. The summed E-state index contributed by atoms with van der Waals surface area (Å²) in [6.45, 7) is 9.42. The zero-order valence-corrected chi connectivity index (χ0v) is 18.5. The topological polar surface area (TPSA) is 134 Å². The molecule has 1 aromatic rings. The molecule has 1 amide bonds. The molecule has 10 nitrogen and oxygen atoms in total. The third kappa shape index (κ3) is 6.40. The molecule has 1 aromatic carbocycles. The molecule has 2 rings (SSSR count). The summed E-state index contributed by atoms with van der Waals surface area (Å²) in [6, 6.07) is 5.05. The number of alkyl carbamates (subject to hydrolysis) is 1. The van der Waals surface area contributed by atoms with E-state index in [0.29, 0.717) is 5.56 Å². The van der Waals surface area contributed by atoms with E-state index in [1.165, 1.54) is 32.9 Å². The van der Waals surface area contributed by atoms with Gasteiger partial charge < -0.3 is 19.5 Å². The van der Waals surface area contributed by atoms with Crippen LogP contribution in [-0.2, 0) is 30.2 Å². The number of hydrogen-bond donors (Lipinski definition) is 1. The van der Waals surface area contributed by atoms with Crippen LogP contribution >= 0.6 is 0 Å². The first-order chi connectivity index (χ1) is 14.1.